The third-order valence-corrected chi connectivity index (χ3v) is 3.14. The van der Waals surface area contributed by atoms with Gasteiger partial charge in [0.05, 0.1) is 0 Å². The molecular formula is C15H25N3O. The van der Waals surface area contributed by atoms with Gasteiger partial charge in [-0.2, -0.15) is 0 Å². The minimum atomic E-state index is 0.0612. The van der Waals surface area contributed by atoms with Crippen molar-refractivity contribution in [1.29, 1.82) is 0 Å². The van der Waals surface area contributed by atoms with E-state index >= 15 is 0 Å². The Balaban J connectivity index is 2.29. The molecule has 1 aromatic rings. The molecule has 0 fully saturated rings. The molecule has 0 aliphatic rings. The van der Waals surface area contributed by atoms with Crippen LogP contribution in [-0.2, 0) is 4.79 Å². The fourth-order valence-corrected chi connectivity index (χ4v) is 1.73. The summed E-state index contributed by atoms with van der Waals surface area (Å²) in [5.74, 6) is 0.0612. The molecule has 4 heteroatoms. The standard InChI is InChI=1S/C15H25N3O/c1-12-6-5-7-14(13(12)2)17-15(19)8-9-16-10-11-18(3)4/h5-7,16H,8-11H2,1-4H3,(H,17,19). The van der Waals surface area contributed by atoms with Crippen LogP contribution in [-0.4, -0.2) is 44.5 Å². The lowest BCUT2D eigenvalue weighted by Crippen LogP contribution is -2.29. The lowest BCUT2D eigenvalue weighted by Gasteiger charge is -2.12. The zero-order valence-corrected chi connectivity index (χ0v) is 12.4. The van der Waals surface area contributed by atoms with Crippen LogP contribution in [0.5, 0.6) is 0 Å². The van der Waals surface area contributed by atoms with E-state index in [1.54, 1.807) is 0 Å². The van der Waals surface area contributed by atoms with Gasteiger partial charge in [-0.1, -0.05) is 12.1 Å². The molecular weight excluding hydrogens is 238 g/mol. The van der Waals surface area contributed by atoms with Crippen LogP contribution in [0.25, 0.3) is 0 Å². The lowest BCUT2D eigenvalue weighted by molar-refractivity contribution is -0.116. The Kier molecular flexibility index (Phi) is 6.53. The molecule has 2 N–H and O–H groups in total. The summed E-state index contributed by atoms with van der Waals surface area (Å²) in [6, 6.07) is 5.96. The second-order valence-electron chi connectivity index (χ2n) is 5.10. The van der Waals surface area contributed by atoms with Gasteiger partial charge in [0.2, 0.25) is 5.91 Å². The Morgan fingerprint density at radius 3 is 2.63 bits per heavy atom. The minimum absolute atomic E-state index is 0.0612. The van der Waals surface area contributed by atoms with E-state index in [1.807, 2.05) is 46.1 Å². The van der Waals surface area contributed by atoms with E-state index in [9.17, 15) is 4.79 Å². The van der Waals surface area contributed by atoms with Gasteiger partial charge in [0.1, 0.15) is 0 Å². The fourth-order valence-electron chi connectivity index (χ4n) is 1.73. The first-order valence-corrected chi connectivity index (χ1v) is 6.72. The minimum Gasteiger partial charge on any atom is -0.326 e. The topological polar surface area (TPSA) is 44.4 Å². The summed E-state index contributed by atoms with van der Waals surface area (Å²) >= 11 is 0. The number of amides is 1. The van der Waals surface area contributed by atoms with Gasteiger partial charge in [-0.05, 0) is 45.1 Å². The molecule has 19 heavy (non-hydrogen) atoms. The second-order valence-corrected chi connectivity index (χ2v) is 5.10. The molecule has 0 radical (unpaired) electrons. The molecule has 0 unspecified atom stereocenters. The zero-order chi connectivity index (χ0) is 14.3. The second kappa shape index (κ2) is 7.92. The summed E-state index contributed by atoms with van der Waals surface area (Å²) in [4.78, 5) is 13.9. The Bertz CT molecular complexity index is 416. The van der Waals surface area contributed by atoms with Gasteiger partial charge < -0.3 is 15.5 Å². The number of carbonyl (C=O) groups is 1. The van der Waals surface area contributed by atoms with E-state index in [0.29, 0.717) is 13.0 Å². The van der Waals surface area contributed by atoms with Gasteiger partial charge in [0.15, 0.2) is 0 Å². The first-order valence-electron chi connectivity index (χ1n) is 6.72. The van der Waals surface area contributed by atoms with Crippen molar-refractivity contribution in [2.45, 2.75) is 20.3 Å². The van der Waals surface area contributed by atoms with Gasteiger partial charge in [0.25, 0.3) is 0 Å². The van der Waals surface area contributed by atoms with Crippen LogP contribution in [0.15, 0.2) is 18.2 Å². The van der Waals surface area contributed by atoms with Gasteiger partial charge in [-0.3, -0.25) is 4.79 Å². The predicted molar refractivity (Wildman–Crippen MR) is 80.6 cm³/mol. The van der Waals surface area contributed by atoms with Crippen LogP contribution in [0.2, 0.25) is 0 Å². The van der Waals surface area contributed by atoms with Crippen molar-refractivity contribution < 1.29 is 4.79 Å². The summed E-state index contributed by atoms with van der Waals surface area (Å²) in [6.45, 7) is 6.68. The predicted octanol–water partition coefficient (Wildman–Crippen LogP) is 1.78. The average molecular weight is 263 g/mol. The third-order valence-electron chi connectivity index (χ3n) is 3.14. The Morgan fingerprint density at radius 2 is 1.95 bits per heavy atom. The first kappa shape index (κ1) is 15.7. The maximum absolute atomic E-state index is 11.8. The van der Waals surface area contributed by atoms with Gasteiger partial charge in [-0.25, -0.2) is 0 Å². The number of hydrogen-bond donors (Lipinski definition) is 2. The van der Waals surface area contributed by atoms with Crippen molar-refractivity contribution in [2.75, 3.05) is 39.0 Å². The molecule has 0 saturated heterocycles. The Morgan fingerprint density at radius 1 is 1.21 bits per heavy atom. The zero-order valence-electron chi connectivity index (χ0n) is 12.4. The summed E-state index contributed by atoms with van der Waals surface area (Å²) in [7, 11) is 4.07. The average Bonchev–Trinajstić information content (AvgIpc) is 2.34. The van der Waals surface area contributed by atoms with E-state index in [-0.39, 0.29) is 5.91 Å². The molecule has 0 spiro atoms. The molecule has 0 aromatic heterocycles. The molecule has 1 rings (SSSR count). The summed E-state index contributed by atoms with van der Waals surface area (Å²) in [5.41, 5.74) is 3.25. The van der Waals surface area contributed by atoms with Crippen LogP contribution in [0.4, 0.5) is 5.69 Å². The van der Waals surface area contributed by atoms with Crippen LogP contribution in [0.1, 0.15) is 17.5 Å². The maximum atomic E-state index is 11.8. The van der Waals surface area contributed by atoms with E-state index < -0.39 is 0 Å². The van der Waals surface area contributed by atoms with Crippen molar-refractivity contribution >= 4 is 11.6 Å². The van der Waals surface area contributed by atoms with Gasteiger partial charge in [0, 0.05) is 31.7 Å². The highest BCUT2D eigenvalue weighted by Gasteiger charge is 2.05. The Hall–Kier alpha value is -1.39. The largest absolute Gasteiger partial charge is 0.326 e. The quantitative estimate of drug-likeness (QED) is 0.737. The Labute approximate surface area is 116 Å². The molecule has 0 saturated carbocycles. The van der Waals surface area contributed by atoms with Crippen molar-refractivity contribution in [1.82, 2.24) is 10.2 Å². The number of anilines is 1. The van der Waals surface area contributed by atoms with Gasteiger partial charge >= 0.3 is 0 Å². The van der Waals surface area contributed by atoms with E-state index in [2.05, 4.69) is 15.5 Å². The van der Waals surface area contributed by atoms with Crippen LogP contribution in [0, 0.1) is 13.8 Å². The number of rotatable bonds is 7. The van der Waals surface area contributed by atoms with Crippen LogP contribution >= 0.6 is 0 Å². The number of carbonyl (C=O) groups excluding carboxylic acids is 1. The summed E-state index contributed by atoms with van der Waals surface area (Å²) in [5, 5.41) is 6.22. The smallest absolute Gasteiger partial charge is 0.225 e. The van der Waals surface area contributed by atoms with E-state index in [0.717, 1.165) is 24.3 Å². The van der Waals surface area contributed by atoms with E-state index in [1.165, 1.54) is 5.56 Å². The van der Waals surface area contributed by atoms with Crippen molar-refractivity contribution in [3.05, 3.63) is 29.3 Å². The fraction of sp³-hybridized carbons (Fsp3) is 0.533. The number of likely N-dealkylation sites (N-methyl/N-ethyl adjacent to an activating group) is 1. The number of benzene rings is 1. The molecule has 1 aromatic carbocycles. The third kappa shape index (κ3) is 5.85. The first-order chi connectivity index (χ1) is 9.00. The molecule has 4 nitrogen and oxygen atoms in total. The monoisotopic (exact) mass is 263 g/mol. The molecule has 0 aliphatic carbocycles. The summed E-state index contributed by atoms with van der Waals surface area (Å²) < 4.78 is 0. The number of nitrogens with one attached hydrogen (secondary N) is 2. The molecule has 106 valence electrons. The number of hydrogen-bond acceptors (Lipinski definition) is 3. The van der Waals surface area contributed by atoms with Gasteiger partial charge in [-0.15, -0.1) is 0 Å². The van der Waals surface area contributed by atoms with E-state index in [4.69, 9.17) is 0 Å². The molecule has 0 atom stereocenters. The molecule has 0 heterocycles. The molecule has 0 aliphatic heterocycles. The molecule has 0 bridgehead atoms. The lowest BCUT2D eigenvalue weighted by atomic mass is 10.1. The molecule has 1 amide bonds. The van der Waals surface area contributed by atoms with Crippen molar-refractivity contribution in [3.63, 3.8) is 0 Å². The van der Waals surface area contributed by atoms with Crippen LogP contribution in [0.3, 0.4) is 0 Å². The SMILES string of the molecule is Cc1cccc(NC(=O)CCNCCN(C)C)c1C. The van der Waals surface area contributed by atoms with Crippen molar-refractivity contribution in [3.8, 4) is 0 Å². The number of nitrogens with zero attached hydrogens (tertiary/aromatic N) is 1. The summed E-state index contributed by atoms with van der Waals surface area (Å²) in [6.07, 6.45) is 0.501. The highest BCUT2D eigenvalue weighted by Crippen LogP contribution is 2.17. The normalized spacial score (nSPS) is 10.8. The maximum Gasteiger partial charge on any atom is 0.225 e. The highest BCUT2D eigenvalue weighted by molar-refractivity contribution is 5.91. The van der Waals surface area contributed by atoms with Crippen LogP contribution < -0.4 is 10.6 Å². The highest BCUT2D eigenvalue weighted by atomic mass is 16.1. The number of aryl methyl sites for hydroxylation is 1. The van der Waals surface area contributed by atoms with Crippen molar-refractivity contribution in [2.24, 2.45) is 0 Å².